The zero-order valence-corrected chi connectivity index (χ0v) is 13.3. The molecule has 1 aromatic heterocycles. The van der Waals surface area contributed by atoms with E-state index < -0.39 is 0 Å². The fourth-order valence-corrected chi connectivity index (χ4v) is 3.56. The van der Waals surface area contributed by atoms with Gasteiger partial charge in [0.2, 0.25) is 0 Å². The van der Waals surface area contributed by atoms with Crippen molar-refractivity contribution in [2.75, 3.05) is 33.3 Å². The van der Waals surface area contributed by atoms with E-state index in [1.54, 1.807) is 11.3 Å². The molecule has 3 nitrogen and oxygen atoms in total. The molecule has 2 rings (SSSR count). The summed E-state index contributed by atoms with van der Waals surface area (Å²) in [7, 11) is 1.82. The molecule has 0 saturated carbocycles. The Bertz CT molecular complexity index is 385. The summed E-state index contributed by atoms with van der Waals surface area (Å²) in [6, 6.07) is 4.04. The summed E-state index contributed by atoms with van der Waals surface area (Å²) in [4.78, 5) is 3.79. The highest BCUT2D eigenvalue weighted by atomic mass is 35.5. The molecule has 1 N–H and O–H groups in total. The summed E-state index contributed by atoms with van der Waals surface area (Å²) < 4.78 is 6.40. The van der Waals surface area contributed by atoms with E-state index in [2.05, 4.69) is 23.2 Å². The number of hydrogen-bond donors (Lipinski definition) is 1. The van der Waals surface area contributed by atoms with Crippen molar-refractivity contribution in [3.8, 4) is 0 Å². The van der Waals surface area contributed by atoms with Crippen molar-refractivity contribution >= 4 is 22.9 Å². The summed E-state index contributed by atoms with van der Waals surface area (Å²) in [5, 5.41) is 3.48. The highest BCUT2D eigenvalue weighted by molar-refractivity contribution is 7.16. The number of piperidine rings is 1. The van der Waals surface area contributed by atoms with Crippen molar-refractivity contribution in [3.05, 3.63) is 21.3 Å². The molecule has 19 heavy (non-hydrogen) atoms. The zero-order valence-electron chi connectivity index (χ0n) is 11.7. The van der Waals surface area contributed by atoms with Crippen molar-refractivity contribution in [2.45, 2.75) is 26.0 Å². The molecule has 0 spiro atoms. The third kappa shape index (κ3) is 4.72. The van der Waals surface area contributed by atoms with E-state index in [1.165, 1.54) is 17.8 Å². The predicted octanol–water partition coefficient (Wildman–Crippen LogP) is 2.85. The van der Waals surface area contributed by atoms with Gasteiger partial charge in [0, 0.05) is 38.2 Å². The molecule has 0 radical (unpaired) electrons. The number of halogens is 1. The topological polar surface area (TPSA) is 24.5 Å². The van der Waals surface area contributed by atoms with Crippen LogP contribution in [0.5, 0.6) is 0 Å². The van der Waals surface area contributed by atoms with Gasteiger partial charge in [-0.05, 0) is 31.0 Å². The van der Waals surface area contributed by atoms with Crippen molar-refractivity contribution < 1.29 is 4.74 Å². The molecule has 2 unspecified atom stereocenters. The molecule has 1 aromatic rings. The van der Waals surface area contributed by atoms with Gasteiger partial charge in [-0.25, -0.2) is 0 Å². The number of nitrogens with zero attached hydrogens (tertiary/aromatic N) is 1. The fraction of sp³-hybridized carbons (Fsp3) is 0.714. The predicted molar refractivity (Wildman–Crippen MR) is 82.1 cm³/mol. The monoisotopic (exact) mass is 302 g/mol. The second-order valence-electron chi connectivity index (χ2n) is 5.22. The van der Waals surface area contributed by atoms with Crippen molar-refractivity contribution in [1.29, 1.82) is 0 Å². The Balaban J connectivity index is 1.63. The first-order valence-electron chi connectivity index (χ1n) is 6.89. The maximum Gasteiger partial charge on any atom is 0.0931 e. The number of methoxy groups -OCH3 is 1. The number of rotatable bonds is 6. The lowest BCUT2D eigenvalue weighted by Gasteiger charge is -2.36. The minimum Gasteiger partial charge on any atom is -0.380 e. The Morgan fingerprint density at radius 2 is 2.37 bits per heavy atom. The van der Waals surface area contributed by atoms with E-state index in [0.717, 1.165) is 30.5 Å². The van der Waals surface area contributed by atoms with Crippen LogP contribution in [0.1, 0.15) is 18.2 Å². The highest BCUT2D eigenvalue weighted by Crippen LogP contribution is 2.21. The fourth-order valence-electron chi connectivity index (χ4n) is 2.50. The van der Waals surface area contributed by atoms with Crippen LogP contribution in [0.15, 0.2) is 12.1 Å². The standard InChI is InChI=1S/C14H23ClN2OS/c1-11-5-7-17(10-13(11)18-2)8-6-16-9-12-3-4-14(15)19-12/h3-4,11,13,16H,5-10H2,1-2H3. The summed E-state index contributed by atoms with van der Waals surface area (Å²) in [6.07, 6.45) is 1.63. The molecule has 1 fully saturated rings. The Morgan fingerprint density at radius 1 is 1.53 bits per heavy atom. The number of hydrogen-bond acceptors (Lipinski definition) is 4. The largest absolute Gasteiger partial charge is 0.380 e. The van der Waals surface area contributed by atoms with Gasteiger partial charge in [-0.1, -0.05) is 18.5 Å². The van der Waals surface area contributed by atoms with Crippen LogP contribution in [0.2, 0.25) is 4.34 Å². The number of likely N-dealkylation sites (tertiary alicyclic amines) is 1. The molecule has 0 aliphatic carbocycles. The first-order valence-corrected chi connectivity index (χ1v) is 8.08. The van der Waals surface area contributed by atoms with E-state index in [0.29, 0.717) is 12.0 Å². The Labute approximate surface area is 124 Å². The first kappa shape index (κ1) is 15.3. The van der Waals surface area contributed by atoms with E-state index in [-0.39, 0.29) is 0 Å². The molecule has 1 aliphatic rings. The molecule has 1 saturated heterocycles. The molecular weight excluding hydrogens is 280 g/mol. The van der Waals surface area contributed by atoms with Crippen LogP contribution in [0.25, 0.3) is 0 Å². The van der Waals surface area contributed by atoms with Gasteiger partial charge in [-0.2, -0.15) is 0 Å². The van der Waals surface area contributed by atoms with E-state index in [4.69, 9.17) is 16.3 Å². The molecular formula is C14H23ClN2OS. The molecule has 0 bridgehead atoms. The third-order valence-electron chi connectivity index (χ3n) is 3.81. The first-order chi connectivity index (χ1) is 9.19. The van der Waals surface area contributed by atoms with Crippen LogP contribution in [0.4, 0.5) is 0 Å². The van der Waals surface area contributed by atoms with Crippen LogP contribution in [-0.4, -0.2) is 44.3 Å². The molecule has 2 heterocycles. The third-order valence-corrected chi connectivity index (χ3v) is 5.04. The Kier molecular flexibility index (Phi) is 6.10. The van der Waals surface area contributed by atoms with Gasteiger partial charge in [0.1, 0.15) is 0 Å². The summed E-state index contributed by atoms with van der Waals surface area (Å²) in [5.74, 6) is 0.683. The lowest BCUT2D eigenvalue weighted by molar-refractivity contribution is -0.00443. The number of nitrogens with one attached hydrogen (secondary N) is 1. The quantitative estimate of drug-likeness (QED) is 0.818. The van der Waals surface area contributed by atoms with Crippen LogP contribution in [0, 0.1) is 5.92 Å². The second kappa shape index (κ2) is 7.60. The Hall–Kier alpha value is -0.130. The lowest BCUT2D eigenvalue weighted by atomic mass is 9.96. The van der Waals surface area contributed by atoms with E-state index >= 15 is 0 Å². The van der Waals surface area contributed by atoms with Gasteiger partial charge < -0.3 is 10.1 Å². The van der Waals surface area contributed by atoms with Gasteiger partial charge in [0.25, 0.3) is 0 Å². The van der Waals surface area contributed by atoms with Crippen molar-refractivity contribution in [3.63, 3.8) is 0 Å². The lowest BCUT2D eigenvalue weighted by Crippen LogP contribution is -2.45. The van der Waals surface area contributed by atoms with Crippen molar-refractivity contribution in [2.24, 2.45) is 5.92 Å². The summed E-state index contributed by atoms with van der Waals surface area (Å²) >= 11 is 7.56. The molecule has 108 valence electrons. The van der Waals surface area contributed by atoms with Crippen LogP contribution < -0.4 is 5.32 Å². The average molecular weight is 303 g/mol. The van der Waals surface area contributed by atoms with Gasteiger partial charge in [0.15, 0.2) is 0 Å². The van der Waals surface area contributed by atoms with Crippen LogP contribution >= 0.6 is 22.9 Å². The second-order valence-corrected chi connectivity index (χ2v) is 7.02. The van der Waals surface area contributed by atoms with Gasteiger partial charge in [0.05, 0.1) is 10.4 Å². The molecule has 0 amide bonds. The van der Waals surface area contributed by atoms with Crippen molar-refractivity contribution in [1.82, 2.24) is 10.2 Å². The molecule has 0 aromatic carbocycles. The van der Waals surface area contributed by atoms with Crippen LogP contribution in [-0.2, 0) is 11.3 Å². The van der Waals surface area contributed by atoms with Crippen LogP contribution in [0.3, 0.4) is 0 Å². The van der Waals surface area contributed by atoms with Gasteiger partial charge in [-0.15, -0.1) is 11.3 Å². The number of ether oxygens (including phenoxy) is 1. The SMILES string of the molecule is COC1CN(CCNCc2ccc(Cl)s2)CCC1C. The molecule has 5 heteroatoms. The van der Waals surface area contributed by atoms with E-state index in [1.807, 2.05) is 13.2 Å². The smallest absolute Gasteiger partial charge is 0.0931 e. The zero-order chi connectivity index (χ0) is 13.7. The van der Waals surface area contributed by atoms with Gasteiger partial charge >= 0.3 is 0 Å². The summed E-state index contributed by atoms with van der Waals surface area (Å²) in [6.45, 7) is 7.55. The molecule has 1 aliphatic heterocycles. The maximum absolute atomic E-state index is 5.91. The summed E-state index contributed by atoms with van der Waals surface area (Å²) in [5.41, 5.74) is 0. The Morgan fingerprint density at radius 3 is 3.05 bits per heavy atom. The normalized spacial score (nSPS) is 24.8. The minimum atomic E-state index is 0.393. The molecule has 2 atom stereocenters. The number of thiophene rings is 1. The van der Waals surface area contributed by atoms with Gasteiger partial charge in [-0.3, -0.25) is 4.90 Å². The van der Waals surface area contributed by atoms with E-state index in [9.17, 15) is 0 Å². The highest BCUT2D eigenvalue weighted by Gasteiger charge is 2.25. The maximum atomic E-state index is 5.91. The minimum absolute atomic E-state index is 0.393. The average Bonchev–Trinajstić information content (AvgIpc) is 2.82.